The fraction of sp³-hybridized carbons (Fsp3) is 0.500. The van der Waals surface area contributed by atoms with Gasteiger partial charge in [-0.05, 0) is 25.2 Å². The fourth-order valence-electron chi connectivity index (χ4n) is 1.29. The first-order chi connectivity index (χ1) is 8.65. The molecule has 18 heavy (non-hydrogen) atoms. The third-order valence-electron chi connectivity index (χ3n) is 2.21. The van der Waals surface area contributed by atoms with Crippen LogP contribution in [-0.4, -0.2) is 40.7 Å². The van der Waals surface area contributed by atoms with Crippen LogP contribution >= 0.6 is 23.4 Å². The summed E-state index contributed by atoms with van der Waals surface area (Å²) in [6.07, 6.45) is 2.28. The van der Waals surface area contributed by atoms with Crippen molar-refractivity contribution in [3.8, 4) is 0 Å². The summed E-state index contributed by atoms with van der Waals surface area (Å²) >= 11 is 7.67. The van der Waals surface area contributed by atoms with Crippen LogP contribution < -0.4 is 5.32 Å². The minimum absolute atomic E-state index is 0.199. The minimum Gasteiger partial charge on any atom is -0.396 e. The van der Waals surface area contributed by atoms with E-state index in [0.717, 1.165) is 23.6 Å². The molecule has 0 atom stereocenters. The number of halogens is 1. The zero-order chi connectivity index (χ0) is 13.4. The van der Waals surface area contributed by atoms with Crippen molar-refractivity contribution < 1.29 is 9.90 Å². The van der Waals surface area contributed by atoms with Crippen molar-refractivity contribution in [1.82, 2.24) is 10.3 Å². The number of carbonyl (C=O) groups is 1. The predicted molar refractivity (Wildman–Crippen MR) is 75.3 cm³/mol. The summed E-state index contributed by atoms with van der Waals surface area (Å²) in [5, 5.41) is 11.8. The molecule has 1 rings (SSSR count). The maximum absolute atomic E-state index is 11.8. The molecule has 1 aromatic rings. The van der Waals surface area contributed by atoms with E-state index in [9.17, 15) is 4.79 Å². The monoisotopic (exact) mass is 288 g/mol. The third-order valence-corrected chi connectivity index (χ3v) is 3.60. The Morgan fingerprint density at radius 2 is 2.33 bits per heavy atom. The Bertz CT molecular complexity index is 402. The summed E-state index contributed by atoms with van der Waals surface area (Å²) in [6.45, 7) is 2.62. The number of nitrogens with one attached hydrogen (secondary N) is 1. The van der Waals surface area contributed by atoms with Crippen molar-refractivity contribution in [3.63, 3.8) is 0 Å². The van der Waals surface area contributed by atoms with E-state index in [1.165, 1.54) is 6.20 Å². The van der Waals surface area contributed by atoms with E-state index in [1.807, 2.05) is 6.92 Å². The molecule has 0 saturated heterocycles. The Morgan fingerprint density at radius 3 is 3.00 bits per heavy atom. The summed E-state index contributed by atoms with van der Waals surface area (Å²) in [5.74, 6) is 1.53. The van der Waals surface area contributed by atoms with E-state index in [0.29, 0.717) is 17.1 Å². The number of rotatable bonds is 7. The van der Waals surface area contributed by atoms with E-state index in [4.69, 9.17) is 16.7 Å². The molecule has 6 heteroatoms. The highest BCUT2D eigenvalue weighted by atomic mass is 35.5. The van der Waals surface area contributed by atoms with Gasteiger partial charge in [0.1, 0.15) is 0 Å². The molecule has 0 unspecified atom stereocenters. The lowest BCUT2D eigenvalue weighted by Gasteiger charge is -2.06. The third kappa shape index (κ3) is 5.25. The second-order valence-corrected chi connectivity index (χ2v) is 5.38. The quantitative estimate of drug-likeness (QED) is 0.752. The van der Waals surface area contributed by atoms with Crippen LogP contribution in [0.25, 0.3) is 0 Å². The van der Waals surface area contributed by atoms with E-state index in [2.05, 4.69) is 10.3 Å². The fourth-order valence-corrected chi connectivity index (χ4v) is 2.37. The highest BCUT2D eigenvalue weighted by Gasteiger charge is 2.10. The Hall–Kier alpha value is -0.780. The summed E-state index contributed by atoms with van der Waals surface area (Å²) in [7, 11) is 0. The van der Waals surface area contributed by atoms with Gasteiger partial charge in [-0.1, -0.05) is 11.6 Å². The van der Waals surface area contributed by atoms with Crippen LogP contribution in [-0.2, 0) is 0 Å². The van der Waals surface area contributed by atoms with E-state index in [-0.39, 0.29) is 12.5 Å². The van der Waals surface area contributed by atoms with Gasteiger partial charge in [-0.25, -0.2) is 0 Å². The van der Waals surface area contributed by atoms with Gasteiger partial charge < -0.3 is 10.4 Å². The number of carbonyl (C=O) groups excluding carboxylic acids is 1. The first kappa shape index (κ1) is 15.3. The molecule has 0 spiro atoms. The molecule has 0 fully saturated rings. The normalized spacial score (nSPS) is 10.4. The SMILES string of the molecule is Cc1cc(Cl)c(C(=O)NCCSCCCO)cn1. The minimum atomic E-state index is -0.199. The van der Waals surface area contributed by atoms with E-state index < -0.39 is 0 Å². The molecule has 0 aliphatic rings. The van der Waals surface area contributed by atoms with Crippen molar-refractivity contribution >= 4 is 29.3 Å². The molecule has 0 aliphatic carbocycles. The van der Waals surface area contributed by atoms with Crippen LogP contribution in [0.4, 0.5) is 0 Å². The second kappa shape index (κ2) is 8.34. The first-order valence-electron chi connectivity index (χ1n) is 5.74. The van der Waals surface area contributed by atoms with Crippen LogP contribution in [0, 0.1) is 6.92 Å². The summed E-state index contributed by atoms with van der Waals surface area (Å²) in [4.78, 5) is 15.8. The number of pyridine rings is 1. The number of aryl methyl sites for hydroxylation is 1. The number of aromatic nitrogens is 1. The molecule has 100 valence electrons. The molecular formula is C12H17ClN2O2S. The Kier molecular flexibility index (Phi) is 7.08. The van der Waals surface area contributed by atoms with E-state index in [1.54, 1.807) is 17.8 Å². The van der Waals surface area contributed by atoms with Crippen molar-refractivity contribution in [1.29, 1.82) is 0 Å². The van der Waals surface area contributed by atoms with Crippen LogP contribution in [0.15, 0.2) is 12.3 Å². The zero-order valence-corrected chi connectivity index (χ0v) is 11.9. The van der Waals surface area contributed by atoms with Gasteiger partial charge in [0.15, 0.2) is 0 Å². The molecule has 1 aromatic heterocycles. The van der Waals surface area contributed by atoms with Gasteiger partial charge in [-0.2, -0.15) is 11.8 Å². The maximum Gasteiger partial charge on any atom is 0.254 e. The number of aliphatic hydroxyl groups excluding tert-OH is 1. The van der Waals surface area contributed by atoms with Gasteiger partial charge in [0.2, 0.25) is 0 Å². The molecule has 0 saturated carbocycles. The van der Waals surface area contributed by atoms with Gasteiger partial charge in [0, 0.05) is 30.8 Å². The summed E-state index contributed by atoms with van der Waals surface area (Å²) in [5.41, 5.74) is 1.19. The average molecular weight is 289 g/mol. The lowest BCUT2D eigenvalue weighted by molar-refractivity contribution is 0.0956. The molecular weight excluding hydrogens is 272 g/mol. The van der Waals surface area contributed by atoms with Crippen LogP contribution in [0.2, 0.25) is 5.02 Å². The van der Waals surface area contributed by atoms with Crippen LogP contribution in [0.5, 0.6) is 0 Å². The number of aliphatic hydroxyl groups is 1. The number of hydrogen-bond donors (Lipinski definition) is 2. The van der Waals surface area contributed by atoms with Crippen LogP contribution in [0.1, 0.15) is 22.5 Å². The highest BCUT2D eigenvalue weighted by molar-refractivity contribution is 7.99. The zero-order valence-electron chi connectivity index (χ0n) is 10.3. The number of amides is 1. The first-order valence-corrected chi connectivity index (χ1v) is 7.27. The molecule has 1 amide bonds. The molecule has 2 N–H and O–H groups in total. The predicted octanol–water partition coefficient (Wildman–Crippen LogP) is 1.89. The smallest absolute Gasteiger partial charge is 0.254 e. The molecule has 0 aliphatic heterocycles. The number of nitrogens with zero attached hydrogens (tertiary/aromatic N) is 1. The van der Waals surface area contributed by atoms with Crippen molar-refractivity contribution in [2.75, 3.05) is 24.7 Å². The molecule has 1 heterocycles. The van der Waals surface area contributed by atoms with Crippen LogP contribution in [0.3, 0.4) is 0 Å². The Labute approximate surface area is 116 Å². The van der Waals surface area contributed by atoms with Crippen molar-refractivity contribution in [2.45, 2.75) is 13.3 Å². The highest BCUT2D eigenvalue weighted by Crippen LogP contribution is 2.15. The van der Waals surface area contributed by atoms with Crippen molar-refractivity contribution in [3.05, 3.63) is 28.5 Å². The lowest BCUT2D eigenvalue weighted by Crippen LogP contribution is -2.26. The van der Waals surface area contributed by atoms with Gasteiger partial charge in [-0.15, -0.1) is 0 Å². The molecule has 0 radical (unpaired) electrons. The van der Waals surface area contributed by atoms with Gasteiger partial charge >= 0.3 is 0 Å². The largest absolute Gasteiger partial charge is 0.396 e. The Morgan fingerprint density at radius 1 is 1.56 bits per heavy atom. The Balaban J connectivity index is 2.32. The van der Waals surface area contributed by atoms with E-state index >= 15 is 0 Å². The van der Waals surface area contributed by atoms with Gasteiger partial charge in [0.05, 0.1) is 10.6 Å². The summed E-state index contributed by atoms with van der Waals surface area (Å²) in [6, 6.07) is 1.67. The molecule has 4 nitrogen and oxygen atoms in total. The van der Waals surface area contributed by atoms with Gasteiger partial charge in [0.25, 0.3) is 5.91 Å². The number of thioether (sulfide) groups is 1. The van der Waals surface area contributed by atoms with Gasteiger partial charge in [-0.3, -0.25) is 9.78 Å². The standard InChI is InChI=1S/C12H17ClN2O2S/c1-9-7-11(13)10(8-15-9)12(17)14-3-6-18-5-2-4-16/h7-8,16H,2-6H2,1H3,(H,14,17). The average Bonchev–Trinajstić information content (AvgIpc) is 2.33. The maximum atomic E-state index is 11.8. The second-order valence-electron chi connectivity index (χ2n) is 3.75. The van der Waals surface area contributed by atoms with Crippen molar-refractivity contribution in [2.24, 2.45) is 0 Å². The summed E-state index contributed by atoms with van der Waals surface area (Å²) < 4.78 is 0. The molecule has 0 aromatic carbocycles. The lowest BCUT2D eigenvalue weighted by atomic mass is 10.2. The molecule has 0 bridgehead atoms. The topological polar surface area (TPSA) is 62.2 Å². The number of hydrogen-bond acceptors (Lipinski definition) is 4.